The number of rotatable bonds is 8. The highest BCUT2D eigenvalue weighted by molar-refractivity contribution is 8.00. The molecule has 0 aliphatic heterocycles. The molecule has 27 heavy (non-hydrogen) atoms. The quantitative estimate of drug-likeness (QED) is 0.546. The Morgan fingerprint density at radius 2 is 1.89 bits per heavy atom. The van der Waals surface area contributed by atoms with Crippen molar-refractivity contribution in [2.24, 2.45) is 0 Å². The monoisotopic (exact) mass is 391 g/mol. The predicted octanol–water partition coefficient (Wildman–Crippen LogP) is 3.04. The van der Waals surface area contributed by atoms with Crippen LogP contribution in [-0.2, 0) is 20.9 Å². The van der Waals surface area contributed by atoms with Gasteiger partial charge in [0, 0.05) is 16.5 Å². The van der Waals surface area contributed by atoms with E-state index in [1.54, 1.807) is 24.3 Å². The van der Waals surface area contributed by atoms with Crippen LogP contribution in [0.25, 0.3) is 0 Å². The number of methoxy groups -OCH3 is 1. The Bertz CT molecular complexity index is 814. The second-order valence-electron chi connectivity index (χ2n) is 5.85. The molecule has 0 unspecified atom stereocenters. The molecule has 1 aromatic heterocycles. The number of furan rings is 1. The highest BCUT2D eigenvalue weighted by atomic mass is 32.2. The van der Waals surface area contributed by atoms with Crippen LogP contribution in [0.5, 0.6) is 0 Å². The summed E-state index contributed by atoms with van der Waals surface area (Å²) in [6, 6.07) is 8.47. The number of hydrogen-bond donors (Lipinski definition) is 1. The largest absolute Gasteiger partial charge is 0.463 e. The van der Waals surface area contributed by atoms with Gasteiger partial charge in [-0.3, -0.25) is 4.79 Å². The first kappa shape index (κ1) is 20.6. The summed E-state index contributed by atoms with van der Waals surface area (Å²) in [5, 5.41) is 2.80. The number of carbonyl (C=O) groups excluding carboxylic acids is 3. The summed E-state index contributed by atoms with van der Waals surface area (Å²) in [4.78, 5) is 36.5. The lowest BCUT2D eigenvalue weighted by Gasteiger charge is -2.11. The summed E-state index contributed by atoms with van der Waals surface area (Å²) in [5.41, 5.74) is 0.764. The maximum atomic E-state index is 12.5. The van der Waals surface area contributed by atoms with Gasteiger partial charge in [0.05, 0.1) is 24.7 Å². The zero-order valence-electron chi connectivity index (χ0n) is 15.3. The predicted molar refractivity (Wildman–Crippen MR) is 99.6 cm³/mol. The second kappa shape index (κ2) is 9.82. The van der Waals surface area contributed by atoms with Crippen LogP contribution in [-0.4, -0.2) is 36.8 Å². The summed E-state index contributed by atoms with van der Waals surface area (Å²) in [5.74, 6) is -1.12. The van der Waals surface area contributed by atoms with E-state index >= 15 is 0 Å². The molecule has 0 spiro atoms. The van der Waals surface area contributed by atoms with Crippen molar-refractivity contribution >= 4 is 29.6 Å². The van der Waals surface area contributed by atoms with E-state index < -0.39 is 11.9 Å². The van der Waals surface area contributed by atoms with Gasteiger partial charge >= 0.3 is 11.9 Å². The fraction of sp³-hybridized carbons (Fsp3) is 0.316. The van der Waals surface area contributed by atoms with Gasteiger partial charge in [0.2, 0.25) is 11.7 Å². The Morgan fingerprint density at radius 1 is 1.15 bits per heavy atom. The topological polar surface area (TPSA) is 94.8 Å². The standard InChI is InChI=1S/C19H21NO6S/c1-12(2)20-16(21)11-27-15-7-5-4-6-14(15)18(22)26-10-13-8-9-25-17(13)19(23)24-3/h4-9,12H,10-11H2,1-3H3,(H,20,21). The first-order valence-corrected chi connectivity index (χ1v) is 9.24. The fourth-order valence-corrected chi connectivity index (χ4v) is 3.06. The van der Waals surface area contributed by atoms with Gasteiger partial charge in [0.15, 0.2) is 0 Å². The van der Waals surface area contributed by atoms with E-state index in [0.717, 1.165) is 0 Å². The second-order valence-corrected chi connectivity index (χ2v) is 6.87. The normalized spacial score (nSPS) is 10.5. The average Bonchev–Trinajstić information content (AvgIpc) is 3.12. The lowest BCUT2D eigenvalue weighted by atomic mass is 10.2. The minimum atomic E-state index is -0.641. The molecule has 1 N–H and O–H groups in total. The van der Waals surface area contributed by atoms with Gasteiger partial charge in [-0.05, 0) is 32.0 Å². The molecule has 0 radical (unpaired) electrons. The number of ether oxygens (including phenoxy) is 2. The number of nitrogens with one attached hydrogen (secondary N) is 1. The Morgan fingerprint density at radius 3 is 2.59 bits per heavy atom. The van der Waals surface area contributed by atoms with Crippen LogP contribution >= 0.6 is 11.8 Å². The summed E-state index contributed by atoms with van der Waals surface area (Å²) in [6.07, 6.45) is 1.33. The molecule has 144 valence electrons. The molecule has 2 rings (SSSR count). The van der Waals surface area contributed by atoms with E-state index in [9.17, 15) is 14.4 Å². The van der Waals surface area contributed by atoms with E-state index in [1.165, 1.54) is 31.2 Å². The van der Waals surface area contributed by atoms with E-state index in [-0.39, 0.29) is 30.1 Å². The molecule has 0 saturated heterocycles. The Balaban J connectivity index is 2.02. The van der Waals surface area contributed by atoms with E-state index in [2.05, 4.69) is 10.1 Å². The third kappa shape index (κ3) is 5.89. The molecule has 7 nitrogen and oxygen atoms in total. The van der Waals surface area contributed by atoms with E-state index in [0.29, 0.717) is 16.0 Å². The zero-order chi connectivity index (χ0) is 19.8. The molecule has 1 aromatic carbocycles. The maximum Gasteiger partial charge on any atom is 0.374 e. The number of esters is 2. The minimum Gasteiger partial charge on any atom is -0.463 e. The minimum absolute atomic E-state index is 0.00156. The molecule has 0 atom stereocenters. The average molecular weight is 391 g/mol. The lowest BCUT2D eigenvalue weighted by molar-refractivity contribution is -0.119. The first-order chi connectivity index (χ1) is 12.9. The molecule has 0 saturated carbocycles. The molecule has 1 heterocycles. The first-order valence-electron chi connectivity index (χ1n) is 8.25. The van der Waals surface area contributed by atoms with Crippen molar-refractivity contribution in [3.8, 4) is 0 Å². The summed E-state index contributed by atoms with van der Waals surface area (Å²) in [6.45, 7) is 3.63. The molecular weight excluding hydrogens is 370 g/mol. The van der Waals surface area contributed by atoms with Gasteiger partial charge in [0.25, 0.3) is 0 Å². The molecule has 0 aliphatic rings. The van der Waals surface area contributed by atoms with Crippen molar-refractivity contribution in [2.75, 3.05) is 12.9 Å². The SMILES string of the molecule is COC(=O)c1occc1COC(=O)c1ccccc1SCC(=O)NC(C)C. The molecule has 1 amide bonds. The number of thioether (sulfide) groups is 1. The maximum absolute atomic E-state index is 12.5. The molecular formula is C19H21NO6S. The number of hydrogen-bond acceptors (Lipinski definition) is 7. The highest BCUT2D eigenvalue weighted by Gasteiger charge is 2.19. The highest BCUT2D eigenvalue weighted by Crippen LogP contribution is 2.24. The van der Waals surface area contributed by atoms with Crippen LogP contribution in [0.1, 0.15) is 40.3 Å². The van der Waals surface area contributed by atoms with Crippen LogP contribution in [0.4, 0.5) is 0 Å². The van der Waals surface area contributed by atoms with E-state index in [4.69, 9.17) is 9.15 Å². The van der Waals surface area contributed by atoms with Crippen LogP contribution in [0.2, 0.25) is 0 Å². The molecule has 0 aliphatic carbocycles. The van der Waals surface area contributed by atoms with Crippen molar-refractivity contribution in [3.05, 3.63) is 53.5 Å². The Labute approximate surface area is 161 Å². The van der Waals surface area contributed by atoms with Crippen LogP contribution < -0.4 is 5.32 Å². The van der Waals surface area contributed by atoms with E-state index in [1.807, 2.05) is 13.8 Å². The van der Waals surface area contributed by atoms with Gasteiger partial charge in [-0.15, -0.1) is 11.8 Å². The molecule has 0 fully saturated rings. The number of amides is 1. The van der Waals surface area contributed by atoms with Crippen LogP contribution in [0.3, 0.4) is 0 Å². The smallest absolute Gasteiger partial charge is 0.374 e. The number of carbonyl (C=O) groups is 3. The zero-order valence-corrected chi connectivity index (χ0v) is 16.1. The third-order valence-electron chi connectivity index (χ3n) is 3.39. The Hall–Kier alpha value is -2.74. The van der Waals surface area contributed by atoms with Crippen molar-refractivity contribution in [3.63, 3.8) is 0 Å². The van der Waals surface area contributed by atoms with Gasteiger partial charge in [-0.25, -0.2) is 9.59 Å². The van der Waals surface area contributed by atoms with Crippen molar-refractivity contribution < 1.29 is 28.3 Å². The Kier molecular flexibility index (Phi) is 7.48. The lowest BCUT2D eigenvalue weighted by Crippen LogP contribution is -2.31. The summed E-state index contributed by atoms with van der Waals surface area (Å²) < 4.78 is 15.0. The van der Waals surface area contributed by atoms with Gasteiger partial charge in [-0.2, -0.15) is 0 Å². The van der Waals surface area contributed by atoms with Gasteiger partial charge in [-0.1, -0.05) is 12.1 Å². The van der Waals surface area contributed by atoms with Gasteiger partial charge in [0.1, 0.15) is 6.61 Å². The third-order valence-corrected chi connectivity index (χ3v) is 4.47. The van der Waals surface area contributed by atoms with Crippen LogP contribution in [0.15, 0.2) is 45.9 Å². The summed E-state index contributed by atoms with van der Waals surface area (Å²) >= 11 is 1.25. The molecule has 8 heteroatoms. The van der Waals surface area contributed by atoms with Crippen molar-refractivity contribution in [1.29, 1.82) is 0 Å². The van der Waals surface area contributed by atoms with Gasteiger partial charge < -0.3 is 19.2 Å². The molecule has 0 bridgehead atoms. The fourth-order valence-electron chi connectivity index (χ4n) is 2.21. The van der Waals surface area contributed by atoms with Crippen LogP contribution in [0, 0.1) is 0 Å². The van der Waals surface area contributed by atoms with Crippen molar-refractivity contribution in [2.45, 2.75) is 31.4 Å². The number of benzene rings is 1. The van der Waals surface area contributed by atoms with Crippen molar-refractivity contribution in [1.82, 2.24) is 5.32 Å². The summed E-state index contributed by atoms with van der Waals surface area (Å²) in [7, 11) is 1.24. The molecule has 2 aromatic rings.